The summed E-state index contributed by atoms with van der Waals surface area (Å²) in [6, 6.07) is 0.590. The first kappa shape index (κ1) is 13.5. The van der Waals surface area contributed by atoms with Crippen molar-refractivity contribution in [1.82, 2.24) is 15.1 Å². The van der Waals surface area contributed by atoms with Crippen molar-refractivity contribution in [2.24, 2.45) is 5.92 Å². The van der Waals surface area contributed by atoms with E-state index < -0.39 is 0 Å². The second kappa shape index (κ2) is 6.21. The molecule has 94 valence electrons. The second-order valence-electron chi connectivity index (χ2n) is 4.91. The monoisotopic (exact) mass is 227 g/mol. The number of hydrogen-bond acceptors (Lipinski definition) is 3. The van der Waals surface area contributed by atoms with Crippen molar-refractivity contribution in [2.75, 3.05) is 39.8 Å². The Morgan fingerprint density at radius 1 is 1.19 bits per heavy atom. The van der Waals surface area contributed by atoms with Gasteiger partial charge >= 0.3 is 0 Å². The Morgan fingerprint density at radius 2 is 1.75 bits per heavy atom. The summed E-state index contributed by atoms with van der Waals surface area (Å²) in [5.41, 5.74) is 0. The molecule has 1 fully saturated rings. The number of hydrogen-bond donors (Lipinski definition) is 1. The minimum Gasteiger partial charge on any atom is -0.340 e. The number of nitrogens with one attached hydrogen (secondary N) is 1. The maximum atomic E-state index is 12.0. The predicted molar refractivity (Wildman–Crippen MR) is 66.4 cm³/mol. The molecule has 0 saturated carbocycles. The van der Waals surface area contributed by atoms with Gasteiger partial charge in [-0.2, -0.15) is 0 Å². The van der Waals surface area contributed by atoms with E-state index >= 15 is 0 Å². The predicted octanol–water partition coefficient (Wildman–Crippen LogP) is 0.395. The van der Waals surface area contributed by atoms with E-state index in [4.69, 9.17) is 0 Å². The molecule has 0 radical (unpaired) electrons. The van der Waals surface area contributed by atoms with E-state index in [0.717, 1.165) is 32.7 Å². The van der Waals surface area contributed by atoms with E-state index in [-0.39, 0.29) is 11.8 Å². The lowest BCUT2D eigenvalue weighted by Gasteiger charge is -2.37. The molecule has 0 aromatic heterocycles. The van der Waals surface area contributed by atoms with Crippen LogP contribution in [0.3, 0.4) is 0 Å². The minimum absolute atomic E-state index is 0.0931. The molecule has 0 aromatic rings. The molecule has 1 heterocycles. The van der Waals surface area contributed by atoms with E-state index in [1.807, 2.05) is 18.9 Å². The van der Waals surface area contributed by atoms with Gasteiger partial charge in [0, 0.05) is 44.7 Å². The van der Waals surface area contributed by atoms with Crippen LogP contribution in [0, 0.1) is 5.92 Å². The van der Waals surface area contributed by atoms with E-state index in [0.29, 0.717) is 6.04 Å². The molecule has 1 aliphatic heterocycles. The molecule has 1 N–H and O–H groups in total. The Bertz CT molecular complexity index is 222. The molecular weight excluding hydrogens is 202 g/mol. The Kier molecular flexibility index (Phi) is 5.22. The van der Waals surface area contributed by atoms with Crippen LogP contribution in [-0.2, 0) is 4.79 Å². The maximum Gasteiger partial charge on any atom is 0.226 e. The first-order chi connectivity index (χ1) is 7.56. The highest BCUT2D eigenvalue weighted by Gasteiger charge is 2.25. The molecule has 4 heteroatoms. The van der Waals surface area contributed by atoms with Gasteiger partial charge in [-0.05, 0) is 20.9 Å². The molecule has 1 rings (SSSR count). The van der Waals surface area contributed by atoms with E-state index in [2.05, 4.69) is 24.1 Å². The number of carbonyl (C=O) groups is 1. The lowest BCUT2D eigenvalue weighted by molar-refractivity contribution is -0.136. The highest BCUT2D eigenvalue weighted by molar-refractivity contribution is 5.78. The number of piperazine rings is 1. The SMILES string of the molecule is CNCC(C)C(=O)N1CCN(C(C)C)CC1. The fourth-order valence-corrected chi connectivity index (χ4v) is 2.16. The topological polar surface area (TPSA) is 35.6 Å². The standard InChI is InChI=1S/C12H25N3O/c1-10(2)14-5-7-15(8-6-14)12(16)11(3)9-13-4/h10-11,13H,5-9H2,1-4H3. The van der Waals surface area contributed by atoms with Crippen LogP contribution >= 0.6 is 0 Å². The molecule has 0 spiro atoms. The third-order valence-corrected chi connectivity index (χ3v) is 3.29. The van der Waals surface area contributed by atoms with Crippen LogP contribution in [0.15, 0.2) is 0 Å². The molecule has 0 aliphatic carbocycles. The smallest absolute Gasteiger partial charge is 0.226 e. The molecule has 1 aliphatic rings. The van der Waals surface area contributed by atoms with Crippen LogP contribution in [0.2, 0.25) is 0 Å². The van der Waals surface area contributed by atoms with Crippen LogP contribution in [0.5, 0.6) is 0 Å². The molecule has 0 bridgehead atoms. The summed E-state index contributed by atoms with van der Waals surface area (Å²) < 4.78 is 0. The number of amides is 1. The van der Waals surface area contributed by atoms with Crippen LogP contribution in [0.4, 0.5) is 0 Å². The van der Waals surface area contributed by atoms with Crippen LogP contribution in [-0.4, -0.2) is 61.5 Å². The van der Waals surface area contributed by atoms with Crippen LogP contribution < -0.4 is 5.32 Å². The zero-order chi connectivity index (χ0) is 12.1. The second-order valence-corrected chi connectivity index (χ2v) is 4.91. The first-order valence-electron chi connectivity index (χ1n) is 6.23. The van der Waals surface area contributed by atoms with E-state index in [1.54, 1.807) is 0 Å². The van der Waals surface area contributed by atoms with Gasteiger partial charge in [-0.1, -0.05) is 6.92 Å². The zero-order valence-electron chi connectivity index (χ0n) is 11.0. The molecule has 1 atom stereocenters. The fourth-order valence-electron chi connectivity index (χ4n) is 2.16. The summed E-state index contributed by atoms with van der Waals surface area (Å²) in [6.45, 7) is 11.0. The number of nitrogens with zero attached hydrogens (tertiary/aromatic N) is 2. The normalized spacial score (nSPS) is 20.2. The van der Waals surface area contributed by atoms with Crippen LogP contribution in [0.25, 0.3) is 0 Å². The van der Waals surface area contributed by atoms with Gasteiger partial charge in [0.15, 0.2) is 0 Å². The number of carbonyl (C=O) groups excluding carboxylic acids is 1. The van der Waals surface area contributed by atoms with Crippen molar-refractivity contribution >= 4 is 5.91 Å². The van der Waals surface area contributed by atoms with Gasteiger partial charge in [-0.3, -0.25) is 9.69 Å². The molecule has 1 saturated heterocycles. The summed E-state index contributed by atoms with van der Waals surface area (Å²) in [6.07, 6.45) is 0. The largest absolute Gasteiger partial charge is 0.340 e. The maximum absolute atomic E-state index is 12.0. The van der Waals surface area contributed by atoms with Gasteiger partial charge in [0.05, 0.1) is 0 Å². The molecule has 1 amide bonds. The van der Waals surface area contributed by atoms with Gasteiger partial charge in [0.2, 0.25) is 5.91 Å². The van der Waals surface area contributed by atoms with Gasteiger partial charge in [0.25, 0.3) is 0 Å². The Balaban J connectivity index is 2.38. The molecule has 16 heavy (non-hydrogen) atoms. The number of rotatable bonds is 4. The Morgan fingerprint density at radius 3 is 2.19 bits per heavy atom. The lowest BCUT2D eigenvalue weighted by atomic mass is 10.1. The molecular formula is C12H25N3O. The van der Waals surface area contributed by atoms with Crippen molar-refractivity contribution in [3.8, 4) is 0 Å². The summed E-state index contributed by atoms with van der Waals surface area (Å²) >= 11 is 0. The lowest BCUT2D eigenvalue weighted by Crippen LogP contribution is -2.52. The first-order valence-corrected chi connectivity index (χ1v) is 6.23. The molecule has 0 aromatic carbocycles. The highest BCUT2D eigenvalue weighted by Crippen LogP contribution is 2.09. The van der Waals surface area contributed by atoms with Crippen LogP contribution in [0.1, 0.15) is 20.8 Å². The highest BCUT2D eigenvalue weighted by atomic mass is 16.2. The molecule has 4 nitrogen and oxygen atoms in total. The van der Waals surface area contributed by atoms with Crippen molar-refractivity contribution in [1.29, 1.82) is 0 Å². The summed E-state index contributed by atoms with van der Waals surface area (Å²) in [5.74, 6) is 0.383. The quantitative estimate of drug-likeness (QED) is 0.755. The van der Waals surface area contributed by atoms with Gasteiger partial charge in [-0.15, -0.1) is 0 Å². The minimum atomic E-state index is 0.0931. The summed E-state index contributed by atoms with van der Waals surface area (Å²) in [7, 11) is 1.89. The zero-order valence-corrected chi connectivity index (χ0v) is 11.0. The Labute approximate surface area is 99.0 Å². The van der Waals surface area contributed by atoms with Crippen molar-refractivity contribution < 1.29 is 4.79 Å². The van der Waals surface area contributed by atoms with E-state index in [9.17, 15) is 4.79 Å². The van der Waals surface area contributed by atoms with Gasteiger partial charge < -0.3 is 10.2 Å². The summed E-state index contributed by atoms with van der Waals surface area (Å²) in [5, 5.41) is 3.06. The van der Waals surface area contributed by atoms with Crippen molar-refractivity contribution in [3.63, 3.8) is 0 Å². The third-order valence-electron chi connectivity index (χ3n) is 3.29. The fraction of sp³-hybridized carbons (Fsp3) is 0.917. The van der Waals surface area contributed by atoms with E-state index in [1.165, 1.54) is 0 Å². The van der Waals surface area contributed by atoms with Crippen molar-refractivity contribution in [3.05, 3.63) is 0 Å². The average Bonchev–Trinajstić information content (AvgIpc) is 2.28. The van der Waals surface area contributed by atoms with Gasteiger partial charge in [-0.25, -0.2) is 0 Å². The van der Waals surface area contributed by atoms with Gasteiger partial charge in [0.1, 0.15) is 0 Å². The average molecular weight is 227 g/mol. The Hall–Kier alpha value is -0.610. The van der Waals surface area contributed by atoms with Crippen molar-refractivity contribution in [2.45, 2.75) is 26.8 Å². The summed E-state index contributed by atoms with van der Waals surface area (Å²) in [4.78, 5) is 16.5. The third kappa shape index (κ3) is 3.46. The molecule has 1 unspecified atom stereocenters.